The number of nitrogens with one attached hydrogen (secondary N) is 2. The lowest BCUT2D eigenvalue weighted by Gasteiger charge is -2.14. The molecule has 0 saturated carbocycles. The summed E-state index contributed by atoms with van der Waals surface area (Å²) >= 11 is 0.890. The van der Waals surface area contributed by atoms with E-state index in [2.05, 4.69) is 19.7 Å². The lowest BCUT2D eigenvalue weighted by atomic mass is 10.6. The fourth-order valence-corrected chi connectivity index (χ4v) is 2.32. The lowest BCUT2D eigenvalue weighted by molar-refractivity contribution is -0.141. The summed E-state index contributed by atoms with van der Waals surface area (Å²) < 4.78 is 20.8. The van der Waals surface area contributed by atoms with Crippen LogP contribution in [0.5, 0.6) is 0 Å². The average molecular weight is 270 g/mol. The standard InChI is InChI=1S/C7H15N2O5PS/c1-4-14-6(10)5-8-7(11)9-15(12,13-2)16-3/h4-5H2,1-3H3,(H2,8,9,11,12). The Hall–Kier alpha value is -0.720. The molecule has 16 heavy (non-hydrogen) atoms. The molecule has 0 aliphatic carbocycles. The highest BCUT2D eigenvalue weighted by atomic mass is 32.7. The van der Waals surface area contributed by atoms with E-state index in [0.29, 0.717) is 0 Å². The predicted molar refractivity (Wildman–Crippen MR) is 61.3 cm³/mol. The lowest BCUT2D eigenvalue weighted by Crippen LogP contribution is -2.37. The molecule has 1 atom stereocenters. The maximum absolute atomic E-state index is 11.6. The minimum atomic E-state index is -3.21. The minimum Gasteiger partial charge on any atom is -0.465 e. The monoisotopic (exact) mass is 270 g/mol. The Morgan fingerprint density at radius 2 is 2.06 bits per heavy atom. The fraction of sp³-hybridized carbons (Fsp3) is 0.714. The quantitative estimate of drug-likeness (QED) is 0.551. The van der Waals surface area contributed by atoms with E-state index < -0.39 is 18.7 Å². The summed E-state index contributed by atoms with van der Waals surface area (Å²) in [6.45, 7) is -1.59. The second-order valence-corrected chi connectivity index (χ2v) is 6.95. The zero-order valence-electron chi connectivity index (χ0n) is 9.31. The third-order valence-corrected chi connectivity index (χ3v) is 5.02. The Kier molecular flexibility index (Phi) is 7.20. The molecule has 0 saturated heterocycles. The first-order valence-electron chi connectivity index (χ1n) is 4.40. The molecule has 7 nitrogen and oxygen atoms in total. The maximum Gasteiger partial charge on any atom is 0.354 e. The molecule has 0 heterocycles. The normalized spacial score (nSPS) is 13.7. The van der Waals surface area contributed by atoms with Gasteiger partial charge in [-0.25, -0.2) is 4.79 Å². The third kappa shape index (κ3) is 5.99. The average Bonchev–Trinajstić information content (AvgIpc) is 2.26. The SMILES string of the molecule is CCOC(=O)CNC(=O)NP(=O)(OC)SC. The molecule has 0 aliphatic rings. The summed E-state index contributed by atoms with van der Waals surface area (Å²) in [5.41, 5.74) is 0. The van der Waals surface area contributed by atoms with Crippen LogP contribution in [0.3, 0.4) is 0 Å². The van der Waals surface area contributed by atoms with Gasteiger partial charge in [-0.15, -0.1) is 0 Å². The first-order chi connectivity index (χ1) is 7.47. The second kappa shape index (κ2) is 7.54. The van der Waals surface area contributed by atoms with Crippen molar-refractivity contribution < 1.29 is 23.4 Å². The van der Waals surface area contributed by atoms with Crippen molar-refractivity contribution in [3.8, 4) is 0 Å². The Morgan fingerprint density at radius 1 is 1.44 bits per heavy atom. The van der Waals surface area contributed by atoms with E-state index in [4.69, 9.17) is 0 Å². The molecule has 0 aromatic heterocycles. The summed E-state index contributed by atoms with van der Waals surface area (Å²) in [5.74, 6) is -0.561. The highest BCUT2D eigenvalue weighted by Crippen LogP contribution is 2.53. The van der Waals surface area contributed by atoms with Crippen molar-refractivity contribution in [1.29, 1.82) is 0 Å². The molecule has 2 N–H and O–H groups in total. The molecule has 0 aromatic rings. The van der Waals surface area contributed by atoms with E-state index in [-0.39, 0.29) is 13.2 Å². The van der Waals surface area contributed by atoms with Gasteiger partial charge in [0.15, 0.2) is 0 Å². The zero-order chi connectivity index (χ0) is 12.6. The molecular weight excluding hydrogens is 255 g/mol. The van der Waals surface area contributed by atoms with E-state index in [9.17, 15) is 14.2 Å². The van der Waals surface area contributed by atoms with Gasteiger partial charge in [-0.05, 0) is 13.2 Å². The Bertz CT molecular complexity index is 291. The fourth-order valence-electron chi connectivity index (χ4n) is 0.694. The summed E-state index contributed by atoms with van der Waals surface area (Å²) in [7, 11) is 1.23. The van der Waals surface area contributed by atoms with Gasteiger partial charge in [0.2, 0.25) is 0 Å². The first kappa shape index (κ1) is 15.3. The van der Waals surface area contributed by atoms with Gasteiger partial charge in [-0.3, -0.25) is 14.4 Å². The largest absolute Gasteiger partial charge is 0.465 e. The van der Waals surface area contributed by atoms with Crippen molar-refractivity contribution in [3.05, 3.63) is 0 Å². The zero-order valence-corrected chi connectivity index (χ0v) is 11.0. The van der Waals surface area contributed by atoms with Crippen LogP contribution in [-0.2, 0) is 18.6 Å². The molecular formula is C7H15N2O5PS. The van der Waals surface area contributed by atoms with Gasteiger partial charge in [0.25, 0.3) is 0 Å². The topological polar surface area (TPSA) is 93.7 Å². The number of hydrogen-bond donors (Lipinski definition) is 2. The summed E-state index contributed by atoms with van der Waals surface area (Å²) in [5, 5.41) is 4.33. The van der Waals surface area contributed by atoms with E-state index >= 15 is 0 Å². The van der Waals surface area contributed by atoms with Gasteiger partial charge in [-0.2, -0.15) is 0 Å². The van der Waals surface area contributed by atoms with E-state index in [1.54, 1.807) is 6.92 Å². The second-order valence-electron chi connectivity index (χ2n) is 2.46. The maximum atomic E-state index is 11.6. The van der Waals surface area contributed by atoms with Gasteiger partial charge in [-0.1, -0.05) is 11.4 Å². The Morgan fingerprint density at radius 3 is 2.50 bits per heavy atom. The molecule has 0 aromatic carbocycles. The molecule has 2 amide bonds. The molecule has 94 valence electrons. The Labute approximate surface area is 97.9 Å². The number of carbonyl (C=O) groups excluding carboxylic acids is 2. The van der Waals surface area contributed by atoms with Crippen LogP contribution in [0.25, 0.3) is 0 Å². The molecule has 0 rings (SSSR count). The molecule has 0 aliphatic heterocycles. The van der Waals surface area contributed by atoms with Crippen LogP contribution in [0.4, 0.5) is 4.79 Å². The van der Waals surface area contributed by atoms with Crippen molar-refractivity contribution in [3.63, 3.8) is 0 Å². The van der Waals surface area contributed by atoms with E-state index in [0.717, 1.165) is 11.4 Å². The number of carbonyl (C=O) groups is 2. The van der Waals surface area contributed by atoms with Gasteiger partial charge >= 0.3 is 18.7 Å². The van der Waals surface area contributed by atoms with Crippen molar-refractivity contribution >= 4 is 30.1 Å². The van der Waals surface area contributed by atoms with Crippen LogP contribution in [0, 0.1) is 0 Å². The number of esters is 1. The molecule has 0 spiro atoms. The summed E-state index contributed by atoms with van der Waals surface area (Å²) in [6, 6.07) is -0.743. The van der Waals surface area contributed by atoms with Gasteiger partial charge in [0.1, 0.15) is 6.54 Å². The van der Waals surface area contributed by atoms with Crippen molar-refractivity contribution in [2.75, 3.05) is 26.5 Å². The Balaban J connectivity index is 4.00. The molecule has 9 heteroatoms. The first-order valence-corrected chi connectivity index (χ1v) is 7.86. The minimum absolute atomic E-state index is 0.240. The van der Waals surface area contributed by atoms with Gasteiger partial charge in [0.05, 0.1) is 6.61 Å². The van der Waals surface area contributed by atoms with Gasteiger partial charge < -0.3 is 14.6 Å². The predicted octanol–water partition coefficient (Wildman–Crippen LogP) is 0.966. The van der Waals surface area contributed by atoms with Crippen molar-refractivity contribution in [2.24, 2.45) is 0 Å². The number of ether oxygens (including phenoxy) is 1. The number of urea groups is 1. The highest BCUT2D eigenvalue weighted by molar-refractivity contribution is 8.55. The highest BCUT2D eigenvalue weighted by Gasteiger charge is 2.23. The van der Waals surface area contributed by atoms with Crippen LogP contribution in [0.1, 0.15) is 6.92 Å². The van der Waals surface area contributed by atoms with E-state index in [1.165, 1.54) is 13.4 Å². The van der Waals surface area contributed by atoms with Crippen LogP contribution in [0.15, 0.2) is 0 Å². The van der Waals surface area contributed by atoms with Crippen LogP contribution >= 0.6 is 18.1 Å². The van der Waals surface area contributed by atoms with Crippen molar-refractivity contribution in [2.45, 2.75) is 6.92 Å². The molecule has 0 fully saturated rings. The molecule has 0 radical (unpaired) electrons. The van der Waals surface area contributed by atoms with Gasteiger partial charge in [0, 0.05) is 7.11 Å². The van der Waals surface area contributed by atoms with Crippen molar-refractivity contribution in [1.82, 2.24) is 10.4 Å². The summed E-state index contributed by atoms with van der Waals surface area (Å²) in [6.07, 6.45) is 1.54. The van der Waals surface area contributed by atoms with E-state index in [1.807, 2.05) is 0 Å². The van der Waals surface area contributed by atoms with Crippen LogP contribution < -0.4 is 10.4 Å². The number of rotatable bonds is 6. The third-order valence-electron chi connectivity index (χ3n) is 1.42. The molecule has 1 unspecified atom stereocenters. The number of hydrogen-bond acceptors (Lipinski definition) is 6. The molecule has 0 bridgehead atoms. The van der Waals surface area contributed by atoms with Crippen LogP contribution in [0.2, 0.25) is 0 Å². The summed E-state index contributed by atoms with van der Waals surface area (Å²) in [4.78, 5) is 22.1. The van der Waals surface area contributed by atoms with Crippen LogP contribution in [-0.4, -0.2) is 38.5 Å². The number of amides is 2. The smallest absolute Gasteiger partial charge is 0.354 e.